The van der Waals surface area contributed by atoms with Gasteiger partial charge in [-0.1, -0.05) is 31.0 Å². The van der Waals surface area contributed by atoms with Crippen molar-refractivity contribution in [3.63, 3.8) is 0 Å². The van der Waals surface area contributed by atoms with Crippen LogP contribution >= 0.6 is 0 Å². The van der Waals surface area contributed by atoms with Crippen molar-refractivity contribution < 1.29 is 48.2 Å². The van der Waals surface area contributed by atoms with Gasteiger partial charge < -0.3 is 33.7 Å². The fourth-order valence-electron chi connectivity index (χ4n) is 3.33. The highest BCUT2D eigenvalue weighted by molar-refractivity contribution is 5.91. The maximum atomic E-state index is 12.5. The third kappa shape index (κ3) is 11.2. The maximum Gasteiger partial charge on any atom is 0.343 e. The second kappa shape index (κ2) is 17.6. The summed E-state index contributed by atoms with van der Waals surface area (Å²) >= 11 is 0. The normalized spacial score (nSPS) is 10.9. The van der Waals surface area contributed by atoms with Crippen LogP contribution in [-0.2, 0) is 19.3 Å². The summed E-state index contributed by atoms with van der Waals surface area (Å²) < 4.78 is 27.1. The van der Waals surface area contributed by atoms with E-state index in [-0.39, 0.29) is 19.8 Å². The Labute approximate surface area is 243 Å². The average molecular weight is 577 g/mol. The molecule has 0 aliphatic rings. The first-order valence-corrected chi connectivity index (χ1v) is 13.0. The van der Waals surface area contributed by atoms with E-state index in [0.29, 0.717) is 53.8 Å². The standard InChI is InChI=1S/C32H32O10/c1-3-19-40-41-21-5-20-36-26-10-12-27(13-11-26)38-23-39-28-14-16-29(17-15-28)42-32(35)25-8-6-24(7-9-25)30(33)18-22-37-31(34)4-2/h4,6-17,19,30,33H,1-2,5,18,20-23H2. The van der Waals surface area contributed by atoms with Crippen molar-refractivity contribution in [2.24, 2.45) is 0 Å². The van der Waals surface area contributed by atoms with Crippen LogP contribution in [0.3, 0.4) is 0 Å². The zero-order chi connectivity index (χ0) is 30.0. The molecule has 10 nitrogen and oxygen atoms in total. The Bertz CT molecular complexity index is 1310. The number of benzene rings is 3. The first-order valence-electron chi connectivity index (χ1n) is 13.0. The molecule has 0 aromatic heterocycles. The fourth-order valence-corrected chi connectivity index (χ4v) is 3.33. The second-order valence-electron chi connectivity index (χ2n) is 8.48. The molecule has 0 aliphatic heterocycles. The van der Waals surface area contributed by atoms with Crippen molar-refractivity contribution in [3.05, 3.63) is 115 Å². The van der Waals surface area contributed by atoms with Gasteiger partial charge in [0, 0.05) is 18.9 Å². The highest BCUT2D eigenvalue weighted by Crippen LogP contribution is 2.22. The van der Waals surface area contributed by atoms with Crippen LogP contribution < -0.4 is 18.9 Å². The molecule has 1 atom stereocenters. The van der Waals surface area contributed by atoms with E-state index in [4.69, 9.17) is 28.6 Å². The van der Waals surface area contributed by atoms with Crippen molar-refractivity contribution in [2.75, 3.05) is 26.6 Å². The predicted molar refractivity (Wildman–Crippen MR) is 152 cm³/mol. The van der Waals surface area contributed by atoms with E-state index in [1.807, 2.05) is 0 Å². The van der Waals surface area contributed by atoms with Gasteiger partial charge in [-0.25, -0.2) is 9.59 Å². The zero-order valence-corrected chi connectivity index (χ0v) is 22.9. The van der Waals surface area contributed by atoms with Gasteiger partial charge in [0.25, 0.3) is 0 Å². The first-order chi connectivity index (χ1) is 20.5. The molecule has 0 fully saturated rings. The number of esters is 2. The molecule has 1 unspecified atom stereocenters. The Balaban J connectivity index is 1.36. The lowest BCUT2D eigenvalue weighted by Gasteiger charge is -2.12. The smallest absolute Gasteiger partial charge is 0.343 e. The van der Waals surface area contributed by atoms with E-state index >= 15 is 0 Å². The van der Waals surface area contributed by atoms with E-state index in [1.165, 1.54) is 6.26 Å². The van der Waals surface area contributed by atoms with Crippen LogP contribution in [0.1, 0.15) is 34.9 Å². The topological polar surface area (TPSA) is 119 Å². The first kappa shape index (κ1) is 31.5. The van der Waals surface area contributed by atoms with E-state index < -0.39 is 18.0 Å². The van der Waals surface area contributed by atoms with Gasteiger partial charge >= 0.3 is 11.9 Å². The largest absolute Gasteiger partial charge is 0.494 e. The third-order valence-corrected chi connectivity index (χ3v) is 5.48. The van der Waals surface area contributed by atoms with Crippen LogP contribution in [0.25, 0.3) is 0 Å². The van der Waals surface area contributed by atoms with Crippen LogP contribution in [0.5, 0.6) is 23.0 Å². The minimum Gasteiger partial charge on any atom is -0.494 e. The van der Waals surface area contributed by atoms with Gasteiger partial charge in [0.15, 0.2) is 6.26 Å². The molecule has 0 saturated carbocycles. The number of carbonyl (C=O) groups excluding carboxylic acids is 2. The number of aliphatic hydroxyl groups is 1. The lowest BCUT2D eigenvalue weighted by molar-refractivity contribution is -0.249. The van der Waals surface area contributed by atoms with Gasteiger partial charge in [-0.3, -0.25) is 0 Å². The Kier molecular flexibility index (Phi) is 13.2. The molecule has 0 saturated heterocycles. The molecule has 3 rings (SSSR count). The second-order valence-corrected chi connectivity index (χ2v) is 8.48. The van der Waals surface area contributed by atoms with Gasteiger partial charge in [-0.2, -0.15) is 4.89 Å². The molecule has 3 aromatic rings. The molecule has 10 heteroatoms. The maximum absolute atomic E-state index is 12.5. The molecular weight excluding hydrogens is 544 g/mol. The van der Waals surface area contributed by atoms with Crippen LogP contribution in [-0.4, -0.2) is 43.7 Å². The lowest BCUT2D eigenvalue weighted by atomic mass is 10.0. The summed E-state index contributed by atoms with van der Waals surface area (Å²) in [6.45, 7) is 7.53. The summed E-state index contributed by atoms with van der Waals surface area (Å²) in [5, 5.41) is 10.2. The van der Waals surface area contributed by atoms with E-state index in [0.717, 1.165) is 6.08 Å². The Morgan fingerprint density at radius 1 is 0.810 bits per heavy atom. The van der Waals surface area contributed by atoms with Crippen LogP contribution in [0, 0.1) is 0 Å². The van der Waals surface area contributed by atoms with Gasteiger partial charge in [-0.05, 0) is 66.2 Å². The highest BCUT2D eigenvalue weighted by Gasteiger charge is 2.12. The predicted octanol–water partition coefficient (Wildman–Crippen LogP) is 5.49. The molecule has 42 heavy (non-hydrogen) atoms. The molecule has 0 amide bonds. The molecule has 0 spiro atoms. The molecule has 0 heterocycles. The van der Waals surface area contributed by atoms with Crippen molar-refractivity contribution in [2.45, 2.75) is 18.9 Å². The summed E-state index contributed by atoms with van der Waals surface area (Å²) in [4.78, 5) is 33.1. The van der Waals surface area contributed by atoms with Crippen molar-refractivity contribution in [3.8, 4) is 23.0 Å². The van der Waals surface area contributed by atoms with Gasteiger partial charge in [-0.15, -0.1) is 0 Å². The number of carbonyl (C=O) groups is 2. The average Bonchev–Trinajstić information content (AvgIpc) is 3.02. The highest BCUT2D eigenvalue weighted by atomic mass is 17.2. The zero-order valence-electron chi connectivity index (χ0n) is 22.9. The third-order valence-electron chi connectivity index (χ3n) is 5.48. The summed E-state index contributed by atoms with van der Waals surface area (Å²) in [6.07, 6.45) is 2.30. The number of hydrogen-bond acceptors (Lipinski definition) is 10. The quantitative estimate of drug-likeness (QED) is 0.0240. The molecular formula is C32H32O10. The Morgan fingerprint density at radius 2 is 1.40 bits per heavy atom. The number of ether oxygens (including phenoxy) is 5. The van der Waals surface area contributed by atoms with E-state index in [1.54, 1.807) is 72.8 Å². The van der Waals surface area contributed by atoms with E-state index in [2.05, 4.69) is 23.8 Å². The van der Waals surface area contributed by atoms with Crippen LogP contribution in [0.15, 0.2) is 104 Å². The summed E-state index contributed by atoms with van der Waals surface area (Å²) in [6, 6.07) is 20.0. The van der Waals surface area contributed by atoms with Crippen molar-refractivity contribution in [1.29, 1.82) is 0 Å². The number of hydrogen-bond donors (Lipinski definition) is 1. The minimum absolute atomic E-state index is 0.0231. The van der Waals surface area contributed by atoms with Gasteiger partial charge in [0.2, 0.25) is 6.79 Å². The van der Waals surface area contributed by atoms with E-state index in [9.17, 15) is 14.7 Å². The summed E-state index contributed by atoms with van der Waals surface area (Å²) in [5.74, 6) is 1.06. The van der Waals surface area contributed by atoms with Crippen molar-refractivity contribution in [1.82, 2.24) is 0 Å². The van der Waals surface area contributed by atoms with Crippen molar-refractivity contribution >= 4 is 11.9 Å². The molecule has 1 N–H and O–H groups in total. The SMILES string of the molecule is C=C=COOCCCOc1ccc(OCOc2ccc(OC(=O)c3ccc(C(O)CCOC(=O)C=C)cc3)cc2)cc1. The minimum atomic E-state index is -0.847. The number of aliphatic hydroxyl groups excluding tert-OH is 1. The Hall–Kier alpha value is -5.02. The molecule has 0 aliphatic carbocycles. The molecule has 0 bridgehead atoms. The van der Waals surface area contributed by atoms with Gasteiger partial charge in [0.1, 0.15) is 23.0 Å². The summed E-state index contributed by atoms with van der Waals surface area (Å²) in [7, 11) is 0. The molecule has 220 valence electrons. The summed E-state index contributed by atoms with van der Waals surface area (Å²) in [5.41, 5.74) is 3.33. The molecule has 3 aromatic carbocycles. The van der Waals surface area contributed by atoms with Crippen LogP contribution in [0.4, 0.5) is 0 Å². The molecule has 0 radical (unpaired) electrons. The number of rotatable bonds is 18. The monoisotopic (exact) mass is 576 g/mol. The Morgan fingerprint density at radius 3 is 2.00 bits per heavy atom. The van der Waals surface area contributed by atoms with Gasteiger partial charge in [0.05, 0.1) is 31.5 Å². The lowest BCUT2D eigenvalue weighted by Crippen LogP contribution is -2.10. The fraction of sp³-hybridized carbons (Fsp3) is 0.219. The van der Waals surface area contributed by atoms with Crippen LogP contribution in [0.2, 0.25) is 0 Å².